The maximum atomic E-state index is 11.4. The number of ether oxygens (including phenoxy) is 1. The van der Waals surface area contributed by atoms with Crippen LogP contribution in [0.25, 0.3) is 0 Å². The van der Waals surface area contributed by atoms with Gasteiger partial charge in [0.2, 0.25) is 0 Å². The molecule has 0 bridgehead atoms. The minimum absolute atomic E-state index is 0.0825. The number of hydrogen-bond donors (Lipinski definition) is 1. The van der Waals surface area contributed by atoms with E-state index in [4.69, 9.17) is 9.84 Å². The van der Waals surface area contributed by atoms with E-state index in [0.29, 0.717) is 19.4 Å². The summed E-state index contributed by atoms with van der Waals surface area (Å²) in [7, 11) is 0. The highest BCUT2D eigenvalue weighted by molar-refractivity contribution is 5.72. The molecule has 0 spiro atoms. The Morgan fingerprint density at radius 2 is 1.88 bits per heavy atom. The van der Waals surface area contributed by atoms with Crippen LogP contribution in [0.4, 0.5) is 0 Å². The van der Waals surface area contributed by atoms with Gasteiger partial charge in [-0.05, 0) is 26.2 Å². The van der Waals surface area contributed by atoms with Crippen molar-refractivity contribution in [2.24, 2.45) is 11.8 Å². The third-order valence-electron chi connectivity index (χ3n) is 2.72. The van der Waals surface area contributed by atoms with Crippen molar-refractivity contribution in [3.63, 3.8) is 0 Å². The van der Waals surface area contributed by atoms with Gasteiger partial charge in [0, 0.05) is 0 Å². The molecule has 0 aromatic heterocycles. The topological polar surface area (TPSA) is 63.6 Å². The smallest absolute Gasteiger partial charge is 0.308 e. The molecular weight excluding hydrogens is 208 g/mol. The fraction of sp³-hybridized carbons (Fsp3) is 0.833. The Morgan fingerprint density at radius 3 is 2.31 bits per heavy atom. The van der Waals surface area contributed by atoms with Gasteiger partial charge in [-0.1, -0.05) is 20.3 Å². The van der Waals surface area contributed by atoms with Crippen molar-refractivity contribution in [1.82, 2.24) is 0 Å². The molecule has 0 aliphatic rings. The van der Waals surface area contributed by atoms with E-state index in [1.807, 2.05) is 6.92 Å². The van der Waals surface area contributed by atoms with Crippen molar-refractivity contribution in [2.75, 3.05) is 6.61 Å². The lowest BCUT2D eigenvalue weighted by Gasteiger charge is -2.13. The second-order valence-corrected chi connectivity index (χ2v) is 4.03. The summed E-state index contributed by atoms with van der Waals surface area (Å²) >= 11 is 0. The summed E-state index contributed by atoms with van der Waals surface area (Å²) in [4.78, 5) is 22.0. The summed E-state index contributed by atoms with van der Waals surface area (Å²) in [6.07, 6.45) is 2.84. The number of esters is 1. The molecule has 94 valence electrons. The van der Waals surface area contributed by atoms with Crippen LogP contribution in [0.15, 0.2) is 0 Å². The van der Waals surface area contributed by atoms with E-state index in [1.54, 1.807) is 13.8 Å². The fourth-order valence-corrected chi connectivity index (χ4v) is 1.54. The molecule has 0 aliphatic carbocycles. The van der Waals surface area contributed by atoms with E-state index in [-0.39, 0.29) is 17.8 Å². The number of carboxylic acids is 1. The first kappa shape index (κ1) is 14.9. The molecule has 0 rings (SSSR count). The van der Waals surface area contributed by atoms with Gasteiger partial charge < -0.3 is 9.84 Å². The van der Waals surface area contributed by atoms with Gasteiger partial charge in [-0.15, -0.1) is 0 Å². The van der Waals surface area contributed by atoms with E-state index < -0.39 is 5.97 Å². The van der Waals surface area contributed by atoms with Crippen molar-refractivity contribution in [2.45, 2.75) is 46.5 Å². The Kier molecular flexibility index (Phi) is 7.60. The number of carbonyl (C=O) groups excluding carboxylic acids is 1. The Hall–Kier alpha value is -1.06. The molecule has 16 heavy (non-hydrogen) atoms. The van der Waals surface area contributed by atoms with Crippen molar-refractivity contribution >= 4 is 11.9 Å². The lowest BCUT2D eigenvalue weighted by Crippen LogP contribution is -2.18. The molecule has 4 nitrogen and oxygen atoms in total. The van der Waals surface area contributed by atoms with E-state index in [2.05, 4.69) is 0 Å². The van der Waals surface area contributed by atoms with Gasteiger partial charge in [0.15, 0.2) is 0 Å². The Labute approximate surface area is 97.0 Å². The second kappa shape index (κ2) is 8.13. The molecule has 0 aromatic carbocycles. The first-order valence-electron chi connectivity index (χ1n) is 5.92. The van der Waals surface area contributed by atoms with Gasteiger partial charge >= 0.3 is 11.9 Å². The molecule has 0 heterocycles. The van der Waals surface area contributed by atoms with Crippen LogP contribution in [-0.4, -0.2) is 23.7 Å². The first-order chi connectivity index (χ1) is 7.52. The van der Waals surface area contributed by atoms with Crippen LogP contribution in [0.3, 0.4) is 0 Å². The molecule has 0 saturated heterocycles. The lowest BCUT2D eigenvalue weighted by atomic mass is 9.96. The largest absolute Gasteiger partial charge is 0.481 e. The van der Waals surface area contributed by atoms with Crippen LogP contribution in [0.1, 0.15) is 46.5 Å². The third-order valence-corrected chi connectivity index (χ3v) is 2.72. The molecule has 0 aromatic rings. The summed E-state index contributed by atoms with van der Waals surface area (Å²) in [5, 5.41) is 8.71. The number of hydrogen-bond acceptors (Lipinski definition) is 3. The molecule has 0 saturated carbocycles. The first-order valence-corrected chi connectivity index (χ1v) is 5.92. The standard InChI is InChI=1S/C12H22O4/c1-4-10(12(15)16-5-2)8-6-7-9(3)11(13)14/h9-10H,4-8H2,1-3H3,(H,13,14). The zero-order chi connectivity index (χ0) is 12.6. The van der Waals surface area contributed by atoms with Gasteiger partial charge in [0.25, 0.3) is 0 Å². The van der Waals surface area contributed by atoms with Gasteiger partial charge in [-0.3, -0.25) is 9.59 Å². The summed E-state index contributed by atoms with van der Waals surface area (Å²) < 4.78 is 4.94. The molecule has 2 unspecified atom stereocenters. The molecule has 4 heteroatoms. The Morgan fingerprint density at radius 1 is 1.25 bits per heavy atom. The number of carbonyl (C=O) groups is 2. The SMILES string of the molecule is CCOC(=O)C(CC)CCCC(C)C(=O)O. The summed E-state index contributed by atoms with van der Waals surface area (Å²) in [5.41, 5.74) is 0. The number of aliphatic carboxylic acids is 1. The summed E-state index contributed by atoms with van der Waals surface area (Å²) in [6, 6.07) is 0. The molecule has 0 amide bonds. The van der Waals surface area contributed by atoms with Crippen molar-refractivity contribution < 1.29 is 19.4 Å². The predicted octanol–water partition coefficient (Wildman–Crippen LogP) is 2.47. The van der Waals surface area contributed by atoms with E-state index in [0.717, 1.165) is 12.8 Å². The molecule has 0 aliphatic heterocycles. The van der Waals surface area contributed by atoms with Crippen LogP contribution >= 0.6 is 0 Å². The van der Waals surface area contributed by atoms with Crippen molar-refractivity contribution in [3.05, 3.63) is 0 Å². The van der Waals surface area contributed by atoms with Crippen molar-refractivity contribution in [3.8, 4) is 0 Å². The monoisotopic (exact) mass is 230 g/mol. The van der Waals surface area contributed by atoms with Gasteiger partial charge in [-0.2, -0.15) is 0 Å². The average molecular weight is 230 g/mol. The highest BCUT2D eigenvalue weighted by Crippen LogP contribution is 2.17. The van der Waals surface area contributed by atoms with Crippen LogP contribution in [0, 0.1) is 11.8 Å². The molecule has 2 atom stereocenters. The van der Waals surface area contributed by atoms with E-state index in [9.17, 15) is 9.59 Å². The highest BCUT2D eigenvalue weighted by Gasteiger charge is 2.18. The Balaban J connectivity index is 3.87. The molecule has 0 radical (unpaired) electrons. The zero-order valence-electron chi connectivity index (χ0n) is 10.4. The summed E-state index contributed by atoms with van der Waals surface area (Å²) in [6.45, 7) is 5.83. The highest BCUT2D eigenvalue weighted by atomic mass is 16.5. The van der Waals surface area contributed by atoms with E-state index in [1.165, 1.54) is 0 Å². The second-order valence-electron chi connectivity index (χ2n) is 4.03. The zero-order valence-corrected chi connectivity index (χ0v) is 10.4. The predicted molar refractivity (Wildman–Crippen MR) is 61.1 cm³/mol. The van der Waals surface area contributed by atoms with Gasteiger partial charge in [-0.25, -0.2) is 0 Å². The minimum Gasteiger partial charge on any atom is -0.481 e. The average Bonchev–Trinajstić information content (AvgIpc) is 2.24. The normalized spacial score (nSPS) is 14.2. The van der Waals surface area contributed by atoms with Crippen LogP contribution in [0.5, 0.6) is 0 Å². The van der Waals surface area contributed by atoms with Crippen LogP contribution < -0.4 is 0 Å². The van der Waals surface area contributed by atoms with Crippen LogP contribution in [0.2, 0.25) is 0 Å². The number of rotatable bonds is 8. The van der Waals surface area contributed by atoms with Gasteiger partial charge in [0.1, 0.15) is 0 Å². The number of carboxylic acid groups (broad SMARTS) is 1. The lowest BCUT2D eigenvalue weighted by molar-refractivity contribution is -0.148. The van der Waals surface area contributed by atoms with Crippen molar-refractivity contribution in [1.29, 1.82) is 0 Å². The maximum Gasteiger partial charge on any atom is 0.308 e. The quantitative estimate of drug-likeness (QED) is 0.650. The van der Waals surface area contributed by atoms with Gasteiger partial charge in [0.05, 0.1) is 18.4 Å². The third kappa shape index (κ3) is 5.73. The Bertz CT molecular complexity index is 225. The maximum absolute atomic E-state index is 11.4. The minimum atomic E-state index is -0.774. The molecule has 1 N–H and O–H groups in total. The van der Waals surface area contributed by atoms with E-state index >= 15 is 0 Å². The van der Waals surface area contributed by atoms with Crippen LogP contribution in [-0.2, 0) is 14.3 Å². The fourth-order valence-electron chi connectivity index (χ4n) is 1.54. The molecular formula is C12H22O4. The molecule has 0 fully saturated rings. The summed E-state index contributed by atoms with van der Waals surface area (Å²) in [5.74, 6) is -1.35.